The van der Waals surface area contributed by atoms with Crippen molar-refractivity contribution in [3.63, 3.8) is 0 Å². The zero-order valence-corrected chi connectivity index (χ0v) is 9.74. The van der Waals surface area contributed by atoms with Crippen LogP contribution in [0.3, 0.4) is 0 Å². The lowest BCUT2D eigenvalue weighted by atomic mass is 10.1. The van der Waals surface area contributed by atoms with Crippen molar-refractivity contribution in [3.8, 4) is 0 Å². The summed E-state index contributed by atoms with van der Waals surface area (Å²) in [7, 11) is 1.78. The number of nitrogen functional groups attached to an aromatic ring is 1. The van der Waals surface area contributed by atoms with Crippen molar-refractivity contribution >= 4 is 11.6 Å². The van der Waals surface area contributed by atoms with Crippen LogP contribution >= 0.6 is 0 Å². The normalized spacial score (nSPS) is 10.5. The Hall–Kier alpha value is -1.51. The first-order chi connectivity index (χ1) is 6.93. The molecule has 1 amide bonds. The molecule has 3 nitrogen and oxygen atoms in total. The Labute approximate surface area is 90.9 Å². The Morgan fingerprint density at radius 1 is 1.40 bits per heavy atom. The van der Waals surface area contributed by atoms with Crippen LogP contribution in [-0.2, 0) is 0 Å². The number of anilines is 1. The summed E-state index contributed by atoms with van der Waals surface area (Å²) in [4.78, 5) is 13.6. The van der Waals surface area contributed by atoms with Crippen LogP contribution in [0.15, 0.2) is 18.2 Å². The van der Waals surface area contributed by atoms with E-state index in [0.29, 0.717) is 11.3 Å². The minimum Gasteiger partial charge on any atom is -0.398 e. The van der Waals surface area contributed by atoms with Crippen molar-refractivity contribution in [2.24, 2.45) is 0 Å². The summed E-state index contributed by atoms with van der Waals surface area (Å²) in [5.74, 6) is -0.0255. The Morgan fingerprint density at radius 2 is 2.00 bits per heavy atom. The Kier molecular flexibility index (Phi) is 3.35. The number of amides is 1. The van der Waals surface area contributed by atoms with E-state index in [2.05, 4.69) is 0 Å². The molecular weight excluding hydrogens is 188 g/mol. The summed E-state index contributed by atoms with van der Waals surface area (Å²) in [6.07, 6.45) is 0. The van der Waals surface area contributed by atoms with Crippen molar-refractivity contribution < 1.29 is 4.79 Å². The van der Waals surface area contributed by atoms with Crippen molar-refractivity contribution in [2.45, 2.75) is 26.8 Å². The van der Waals surface area contributed by atoms with E-state index in [1.54, 1.807) is 18.0 Å². The van der Waals surface area contributed by atoms with Crippen molar-refractivity contribution in [2.75, 3.05) is 12.8 Å². The number of hydrogen-bond acceptors (Lipinski definition) is 2. The van der Waals surface area contributed by atoms with E-state index in [-0.39, 0.29) is 11.9 Å². The topological polar surface area (TPSA) is 46.3 Å². The van der Waals surface area contributed by atoms with Gasteiger partial charge in [-0.3, -0.25) is 4.79 Å². The third kappa shape index (κ3) is 2.49. The van der Waals surface area contributed by atoms with Crippen LogP contribution in [0.1, 0.15) is 29.8 Å². The van der Waals surface area contributed by atoms with Crippen LogP contribution in [0, 0.1) is 6.92 Å². The average Bonchev–Trinajstić information content (AvgIpc) is 2.15. The SMILES string of the molecule is Cc1ccc(C(=O)N(C)C(C)C)c(N)c1. The molecular formula is C12H18N2O. The highest BCUT2D eigenvalue weighted by atomic mass is 16.2. The van der Waals surface area contributed by atoms with Gasteiger partial charge >= 0.3 is 0 Å². The van der Waals surface area contributed by atoms with E-state index in [0.717, 1.165) is 5.56 Å². The van der Waals surface area contributed by atoms with Gasteiger partial charge in [0.05, 0.1) is 5.56 Å². The number of nitrogens with two attached hydrogens (primary N) is 1. The van der Waals surface area contributed by atoms with Crippen LogP contribution in [0.25, 0.3) is 0 Å². The number of carbonyl (C=O) groups is 1. The molecule has 0 unspecified atom stereocenters. The number of rotatable bonds is 2. The van der Waals surface area contributed by atoms with Gasteiger partial charge in [-0.1, -0.05) is 6.07 Å². The van der Waals surface area contributed by atoms with Gasteiger partial charge in [0.1, 0.15) is 0 Å². The lowest BCUT2D eigenvalue weighted by Gasteiger charge is -2.22. The van der Waals surface area contributed by atoms with Gasteiger partial charge in [-0.2, -0.15) is 0 Å². The molecule has 0 spiro atoms. The second-order valence-electron chi connectivity index (χ2n) is 4.10. The summed E-state index contributed by atoms with van der Waals surface area (Å²) in [5, 5.41) is 0. The molecule has 0 fully saturated rings. The average molecular weight is 206 g/mol. The molecule has 0 aliphatic carbocycles. The van der Waals surface area contributed by atoms with Gasteiger partial charge in [-0.25, -0.2) is 0 Å². The Morgan fingerprint density at radius 3 is 2.47 bits per heavy atom. The van der Waals surface area contributed by atoms with Crippen LogP contribution < -0.4 is 5.73 Å². The third-order valence-corrected chi connectivity index (χ3v) is 2.53. The summed E-state index contributed by atoms with van der Waals surface area (Å²) in [6, 6.07) is 5.68. The van der Waals surface area contributed by atoms with Crippen molar-refractivity contribution in [3.05, 3.63) is 29.3 Å². The number of benzene rings is 1. The number of aryl methyl sites for hydroxylation is 1. The van der Waals surface area contributed by atoms with Gasteiger partial charge in [-0.15, -0.1) is 0 Å². The molecule has 1 aromatic rings. The second kappa shape index (κ2) is 4.34. The van der Waals surface area contributed by atoms with E-state index in [4.69, 9.17) is 5.73 Å². The van der Waals surface area contributed by atoms with Crippen LogP contribution in [0.2, 0.25) is 0 Å². The van der Waals surface area contributed by atoms with Gasteiger partial charge in [0, 0.05) is 18.8 Å². The number of carbonyl (C=O) groups excluding carboxylic acids is 1. The van der Waals surface area contributed by atoms with Gasteiger partial charge in [0.15, 0.2) is 0 Å². The second-order valence-corrected chi connectivity index (χ2v) is 4.10. The summed E-state index contributed by atoms with van der Waals surface area (Å²) < 4.78 is 0. The predicted octanol–water partition coefficient (Wildman–Crippen LogP) is 2.06. The number of hydrogen-bond donors (Lipinski definition) is 1. The maximum absolute atomic E-state index is 12.0. The highest BCUT2D eigenvalue weighted by Crippen LogP contribution is 2.16. The summed E-state index contributed by atoms with van der Waals surface area (Å²) in [5.41, 5.74) is 8.01. The Balaban J connectivity index is 3.01. The molecule has 1 aromatic carbocycles. The van der Waals surface area contributed by atoms with E-state index < -0.39 is 0 Å². The fourth-order valence-corrected chi connectivity index (χ4v) is 1.30. The molecule has 0 saturated heterocycles. The molecule has 0 aromatic heterocycles. The molecule has 0 heterocycles. The molecule has 0 bridgehead atoms. The first kappa shape index (κ1) is 11.6. The van der Waals surface area contributed by atoms with E-state index in [9.17, 15) is 4.79 Å². The minimum absolute atomic E-state index is 0.0255. The maximum atomic E-state index is 12.0. The molecule has 0 aliphatic rings. The molecule has 2 N–H and O–H groups in total. The minimum atomic E-state index is -0.0255. The van der Waals surface area contributed by atoms with Gasteiger partial charge in [0.25, 0.3) is 5.91 Å². The van der Waals surface area contributed by atoms with Crippen LogP contribution in [0.4, 0.5) is 5.69 Å². The van der Waals surface area contributed by atoms with Crippen LogP contribution in [-0.4, -0.2) is 23.9 Å². The smallest absolute Gasteiger partial charge is 0.255 e. The van der Waals surface area contributed by atoms with Gasteiger partial charge < -0.3 is 10.6 Å². The zero-order chi connectivity index (χ0) is 11.6. The monoisotopic (exact) mass is 206 g/mol. The zero-order valence-electron chi connectivity index (χ0n) is 9.74. The molecule has 1 rings (SSSR count). The fourth-order valence-electron chi connectivity index (χ4n) is 1.30. The van der Waals surface area contributed by atoms with Gasteiger partial charge in [-0.05, 0) is 38.5 Å². The molecule has 82 valence electrons. The highest BCUT2D eigenvalue weighted by molar-refractivity contribution is 5.99. The predicted molar refractivity (Wildman–Crippen MR) is 62.8 cm³/mol. The first-order valence-corrected chi connectivity index (χ1v) is 5.06. The van der Waals surface area contributed by atoms with E-state index in [1.165, 1.54) is 0 Å². The highest BCUT2D eigenvalue weighted by Gasteiger charge is 2.16. The molecule has 0 radical (unpaired) electrons. The summed E-state index contributed by atoms with van der Waals surface area (Å²) in [6.45, 7) is 5.90. The largest absolute Gasteiger partial charge is 0.398 e. The fraction of sp³-hybridized carbons (Fsp3) is 0.417. The summed E-state index contributed by atoms with van der Waals surface area (Å²) >= 11 is 0. The first-order valence-electron chi connectivity index (χ1n) is 5.06. The molecule has 0 aliphatic heterocycles. The van der Waals surface area contributed by atoms with Crippen molar-refractivity contribution in [1.29, 1.82) is 0 Å². The van der Waals surface area contributed by atoms with E-state index >= 15 is 0 Å². The van der Waals surface area contributed by atoms with E-state index in [1.807, 2.05) is 32.9 Å². The molecule has 0 saturated carbocycles. The molecule has 0 atom stereocenters. The maximum Gasteiger partial charge on any atom is 0.255 e. The van der Waals surface area contributed by atoms with Gasteiger partial charge in [0.2, 0.25) is 0 Å². The third-order valence-electron chi connectivity index (χ3n) is 2.53. The van der Waals surface area contributed by atoms with Crippen LogP contribution in [0.5, 0.6) is 0 Å². The lowest BCUT2D eigenvalue weighted by Crippen LogP contribution is -2.33. The Bertz CT molecular complexity index is 372. The van der Waals surface area contributed by atoms with Crippen molar-refractivity contribution in [1.82, 2.24) is 4.90 Å². The molecule has 3 heteroatoms. The lowest BCUT2D eigenvalue weighted by molar-refractivity contribution is 0.0756. The standard InChI is InChI=1S/C12H18N2O/c1-8(2)14(4)12(15)10-6-5-9(3)7-11(10)13/h5-8H,13H2,1-4H3. The molecule has 15 heavy (non-hydrogen) atoms. The number of nitrogens with zero attached hydrogens (tertiary/aromatic N) is 1. The quantitative estimate of drug-likeness (QED) is 0.753.